The maximum Gasteiger partial charge on any atom is 0.261 e. The van der Waals surface area contributed by atoms with E-state index in [0.29, 0.717) is 10.9 Å². The summed E-state index contributed by atoms with van der Waals surface area (Å²) in [5.74, 6) is 0.735. The number of hydrogen-bond acceptors (Lipinski definition) is 4. The molecule has 108 valence electrons. The quantitative estimate of drug-likeness (QED) is 0.614. The fourth-order valence-corrected chi connectivity index (χ4v) is 2.56. The zero-order valence-corrected chi connectivity index (χ0v) is 11.9. The maximum atomic E-state index is 12.6. The van der Waals surface area contributed by atoms with Gasteiger partial charge in [-0.2, -0.15) is 0 Å². The van der Waals surface area contributed by atoms with Crippen molar-refractivity contribution in [2.24, 2.45) is 0 Å². The monoisotopic (exact) mass is 291 g/mol. The summed E-state index contributed by atoms with van der Waals surface area (Å²) in [6.45, 7) is 1.92. The second-order valence-electron chi connectivity index (χ2n) is 5.16. The number of hydrogen-bond donors (Lipinski definition) is 1. The Labute approximate surface area is 125 Å². The largest absolute Gasteiger partial charge is 0.340 e. The highest BCUT2D eigenvalue weighted by Crippen LogP contribution is 2.18. The number of pyridine rings is 1. The first-order valence-corrected chi connectivity index (χ1v) is 6.99. The number of H-pyrrole nitrogens is 1. The molecule has 1 N–H and O–H groups in total. The Kier molecular flexibility index (Phi) is 2.75. The topological polar surface area (TPSA) is 76.5 Å². The summed E-state index contributed by atoms with van der Waals surface area (Å²) >= 11 is 0. The van der Waals surface area contributed by atoms with Crippen LogP contribution in [0.1, 0.15) is 18.8 Å². The molecule has 0 amide bonds. The van der Waals surface area contributed by atoms with E-state index in [9.17, 15) is 4.79 Å². The average molecular weight is 291 g/mol. The van der Waals surface area contributed by atoms with E-state index in [1.165, 1.54) is 0 Å². The number of rotatable bonds is 2. The molecule has 0 spiro atoms. The lowest BCUT2D eigenvalue weighted by atomic mass is 10.2. The predicted octanol–water partition coefficient (Wildman–Crippen LogP) is 2.28. The lowest BCUT2D eigenvalue weighted by Gasteiger charge is -2.12. The van der Waals surface area contributed by atoms with Crippen LogP contribution in [0.25, 0.3) is 21.9 Å². The van der Waals surface area contributed by atoms with Gasteiger partial charge in [0.15, 0.2) is 0 Å². The van der Waals surface area contributed by atoms with E-state index in [1.807, 2.05) is 31.2 Å². The molecule has 0 saturated carbocycles. The Hall–Kier alpha value is -3.02. The van der Waals surface area contributed by atoms with E-state index < -0.39 is 0 Å². The molecule has 1 aromatic carbocycles. The van der Waals surface area contributed by atoms with E-state index in [-0.39, 0.29) is 11.6 Å². The molecular formula is C16H13N5O. The summed E-state index contributed by atoms with van der Waals surface area (Å²) in [7, 11) is 0. The van der Waals surface area contributed by atoms with Crippen molar-refractivity contribution in [3.8, 4) is 0 Å². The van der Waals surface area contributed by atoms with Crippen LogP contribution in [0.4, 0.5) is 0 Å². The third kappa shape index (κ3) is 1.88. The van der Waals surface area contributed by atoms with Crippen LogP contribution in [0.3, 0.4) is 0 Å². The molecule has 0 saturated heterocycles. The van der Waals surface area contributed by atoms with Crippen LogP contribution in [0.15, 0.2) is 53.8 Å². The zero-order chi connectivity index (χ0) is 15.1. The predicted molar refractivity (Wildman–Crippen MR) is 83.7 cm³/mol. The van der Waals surface area contributed by atoms with Crippen molar-refractivity contribution in [2.75, 3.05) is 0 Å². The summed E-state index contributed by atoms with van der Waals surface area (Å²) in [5, 5.41) is 0.556. The van der Waals surface area contributed by atoms with E-state index >= 15 is 0 Å². The summed E-state index contributed by atoms with van der Waals surface area (Å²) in [6.07, 6.45) is 4.73. The fraction of sp³-hybridized carbons (Fsp3) is 0.125. The average Bonchev–Trinajstić information content (AvgIpc) is 2.99. The summed E-state index contributed by atoms with van der Waals surface area (Å²) < 4.78 is 1.58. The lowest BCUT2D eigenvalue weighted by molar-refractivity contribution is 0.582. The molecule has 22 heavy (non-hydrogen) atoms. The second kappa shape index (κ2) is 4.77. The molecule has 0 fully saturated rings. The van der Waals surface area contributed by atoms with Crippen molar-refractivity contribution in [1.29, 1.82) is 0 Å². The molecule has 1 unspecified atom stereocenters. The van der Waals surface area contributed by atoms with E-state index in [4.69, 9.17) is 0 Å². The minimum Gasteiger partial charge on any atom is -0.340 e. The normalized spacial score (nSPS) is 12.8. The molecule has 3 aromatic heterocycles. The van der Waals surface area contributed by atoms with Crippen molar-refractivity contribution in [3.05, 3.63) is 65.2 Å². The first-order valence-electron chi connectivity index (χ1n) is 6.99. The number of aromatic amines is 1. The Morgan fingerprint density at radius 1 is 1.18 bits per heavy atom. The number of nitrogens with one attached hydrogen (secondary N) is 1. The highest BCUT2D eigenvalue weighted by molar-refractivity contribution is 5.76. The van der Waals surface area contributed by atoms with Gasteiger partial charge >= 0.3 is 0 Å². The molecule has 4 rings (SSSR count). The Morgan fingerprint density at radius 3 is 2.91 bits per heavy atom. The number of para-hydroxylation sites is 2. The zero-order valence-electron chi connectivity index (χ0n) is 11.9. The molecule has 0 aliphatic heterocycles. The number of aromatic nitrogens is 5. The Balaban J connectivity index is 1.87. The van der Waals surface area contributed by atoms with E-state index in [2.05, 4.69) is 19.9 Å². The van der Waals surface area contributed by atoms with E-state index in [0.717, 1.165) is 16.9 Å². The molecule has 0 radical (unpaired) electrons. The third-order valence-corrected chi connectivity index (χ3v) is 3.81. The first kappa shape index (κ1) is 12.7. The van der Waals surface area contributed by atoms with Gasteiger partial charge in [0.2, 0.25) is 0 Å². The van der Waals surface area contributed by atoms with Crippen molar-refractivity contribution in [1.82, 2.24) is 24.5 Å². The van der Waals surface area contributed by atoms with Crippen LogP contribution in [0, 0.1) is 0 Å². The molecule has 6 heteroatoms. The Morgan fingerprint density at radius 2 is 2.05 bits per heavy atom. The molecule has 0 bridgehead atoms. The lowest BCUT2D eigenvalue weighted by Crippen LogP contribution is -2.25. The minimum absolute atomic E-state index is 0.0969. The molecule has 6 nitrogen and oxygen atoms in total. The summed E-state index contributed by atoms with van der Waals surface area (Å²) in [4.78, 5) is 28.7. The molecule has 0 aliphatic rings. The van der Waals surface area contributed by atoms with Crippen LogP contribution >= 0.6 is 0 Å². The van der Waals surface area contributed by atoms with Crippen LogP contribution in [0.5, 0.6) is 0 Å². The highest BCUT2D eigenvalue weighted by Gasteiger charge is 2.15. The molecule has 3 heterocycles. The van der Waals surface area contributed by atoms with Gasteiger partial charge in [0, 0.05) is 6.20 Å². The van der Waals surface area contributed by atoms with Gasteiger partial charge in [-0.25, -0.2) is 9.97 Å². The number of imidazole rings is 1. The SMILES string of the molecule is CC(c1nc2ccccc2[nH]1)n1cnc2cnccc2c1=O. The molecule has 4 aromatic rings. The van der Waals surface area contributed by atoms with Gasteiger partial charge in [0.05, 0.1) is 40.5 Å². The van der Waals surface area contributed by atoms with Gasteiger partial charge in [-0.1, -0.05) is 12.1 Å². The van der Waals surface area contributed by atoms with Crippen LogP contribution in [0.2, 0.25) is 0 Å². The number of benzene rings is 1. The smallest absolute Gasteiger partial charge is 0.261 e. The van der Waals surface area contributed by atoms with Gasteiger partial charge in [-0.15, -0.1) is 0 Å². The van der Waals surface area contributed by atoms with Crippen molar-refractivity contribution < 1.29 is 0 Å². The van der Waals surface area contributed by atoms with E-state index in [1.54, 1.807) is 29.4 Å². The van der Waals surface area contributed by atoms with Gasteiger partial charge in [-0.3, -0.25) is 14.3 Å². The van der Waals surface area contributed by atoms with Crippen molar-refractivity contribution >= 4 is 21.9 Å². The second-order valence-corrected chi connectivity index (χ2v) is 5.16. The minimum atomic E-state index is -0.232. The molecule has 1 atom stereocenters. The fourth-order valence-electron chi connectivity index (χ4n) is 2.56. The molecular weight excluding hydrogens is 278 g/mol. The summed E-state index contributed by atoms with van der Waals surface area (Å²) in [6, 6.07) is 9.25. The highest BCUT2D eigenvalue weighted by atomic mass is 16.1. The summed E-state index contributed by atoms with van der Waals surface area (Å²) in [5.41, 5.74) is 2.34. The van der Waals surface area contributed by atoms with Gasteiger partial charge < -0.3 is 4.98 Å². The van der Waals surface area contributed by atoms with Gasteiger partial charge in [-0.05, 0) is 25.1 Å². The van der Waals surface area contributed by atoms with Crippen LogP contribution in [-0.2, 0) is 0 Å². The van der Waals surface area contributed by atoms with Gasteiger partial charge in [0.25, 0.3) is 5.56 Å². The number of fused-ring (bicyclic) bond motifs is 2. The van der Waals surface area contributed by atoms with Crippen LogP contribution < -0.4 is 5.56 Å². The van der Waals surface area contributed by atoms with Crippen molar-refractivity contribution in [3.63, 3.8) is 0 Å². The Bertz CT molecular complexity index is 1000. The van der Waals surface area contributed by atoms with Crippen LogP contribution in [-0.4, -0.2) is 24.5 Å². The third-order valence-electron chi connectivity index (χ3n) is 3.81. The molecule has 0 aliphatic carbocycles. The number of nitrogens with zero attached hydrogens (tertiary/aromatic N) is 4. The maximum absolute atomic E-state index is 12.6. The standard InChI is InChI=1S/C16H13N5O/c1-10(15-19-12-4-2-3-5-13(12)20-15)21-9-18-14-8-17-7-6-11(14)16(21)22/h2-10H,1H3,(H,19,20). The van der Waals surface area contributed by atoms with Gasteiger partial charge in [0.1, 0.15) is 5.82 Å². The first-order chi connectivity index (χ1) is 10.7. The van der Waals surface area contributed by atoms with Crippen molar-refractivity contribution in [2.45, 2.75) is 13.0 Å².